The van der Waals surface area contributed by atoms with Crippen molar-refractivity contribution in [2.45, 2.75) is 124 Å². The summed E-state index contributed by atoms with van der Waals surface area (Å²) in [6.07, 6.45) is 16.5. The van der Waals surface area contributed by atoms with Gasteiger partial charge in [0.2, 0.25) is 0 Å². The van der Waals surface area contributed by atoms with Crippen LogP contribution >= 0.6 is 7.60 Å². The Morgan fingerprint density at radius 2 is 1.31 bits per heavy atom. The Morgan fingerprint density at radius 1 is 0.800 bits per heavy atom. The molecule has 0 fully saturated rings. The molecule has 0 saturated heterocycles. The lowest BCUT2D eigenvalue weighted by atomic mass is 10.0. The number of hydrogen-bond donors (Lipinski definition) is 1. The van der Waals surface area contributed by atoms with Crippen LogP contribution in [0, 0.1) is 0 Å². The summed E-state index contributed by atoms with van der Waals surface area (Å²) in [7, 11) is -3.74. The second kappa shape index (κ2) is 23.9. The molecule has 0 saturated carbocycles. The minimum absolute atomic E-state index is 0.0585. The predicted octanol–water partition coefficient (Wildman–Crippen LogP) is 6.96. The van der Waals surface area contributed by atoms with Crippen molar-refractivity contribution in [2.75, 3.05) is 45.6 Å². The quantitative estimate of drug-likeness (QED) is 0.0748. The first-order valence-corrected chi connectivity index (χ1v) is 16.1. The van der Waals surface area contributed by atoms with Gasteiger partial charge >= 0.3 is 13.6 Å². The van der Waals surface area contributed by atoms with Gasteiger partial charge in [-0.2, -0.15) is 0 Å². The maximum absolute atomic E-state index is 12.3. The van der Waals surface area contributed by atoms with Gasteiger partial charge in [-0.1, -0.05) is 105 Å². The Bertz CT molecular complexity index is 530. The predicted molar refractivity (Wildman–Crippen MR) is 145 cm³/mol. The summed E-state index contributed by atoms with van der Waals surface area (Å²) in [5.41, 5.74) is 0. The summed E-state index contributed by atoms with van der Waals surface area (Å²) in [5, 5.41) is 0. The highest BCUT2D eigenvalue weighted by atomic mass is 31.2. The van der Waals surface area contributed by atoms with E-state index in [0.29, 0.717) is 13.2 Å². The molecule has 210 valence electrons. The highest BCUT2D eigenvalue weighted by Gasteiger charge is 2.24. The fraction of sp³-hybridized carbons (Fsp3) is 0.963. The fourth-order valence-electron chi connectivity index (χ4n) is 3.89. The van der Waals surface area contributed by atoms with Crippen LogP contribution in [-0.2, 0) is 23.4 Å². The Balaban J connectivity index is 3.93. The number of nitrogens with zero attached hydrogens (tertiary/aromatic N) is 1. The normalized spacial score (nSPS) is 14.2. The number of unbranched alkanes of at least 4 members (excludes halogenated alkanes) is 12. The Morgan fingerprint density at radius 3 is 1.80 bits per heavy atom. The van der Waals surface area contributed by atoms with Crippen molar-refractivity contribution >= 4 is 13.6 Å². The minimum atomic E-state index is -3.74. The van der Waals surface area contributed by atoms with Gasteiger partial charge in [-0.25, -0.2) is 0 Å². The molecule has 1 N–H and O–H groups in total. The van der Waals surface area contributed by atoms with Crippen molar-refractivity contribution in [2.24, 2.45) is 0 Å². The van der Waals surface area contributed by atoms with Crippen LogP contribution in [0.15, 0.2) is 0 Å². The zero-order valence-corrected chi connectivity index (χ0v) is 24.2. The number of esters is 1. The van der Waals surface area contributed by atoms with Crippen LogP contribution in [0.25, 0.3) is 0 Å². The van der Waals surface area contributed by atoms with E-state index < -0.39 is 13.7 Å². The molecule has 0 aliphatic heterocycles. The summed E-state index contributed by atoms with van der Waals surface area (Å²) < 4.78 is 28.7. The Hall–Kier alpha value is -0.460. The van der Waals surface area contributed by atoms with Gasteiger partial charge in [-0.15, -0.1) is 0 Å². The van der Waals surface area contributed by atoms with Gasteiger partial charge in [0.15, 0.2) is 0 Å². The molecule has 0 aliphatic carbocycles. The van der Waals surface area contributed by atoms with Gasteiger partial charge in [0.25, 0.3) is 0 Å². The molecule has 0 rings (SSSR count). The minimum Gasteiger partial charge on any atom is -0.457 e. The molecular formula is C27H56NO6P. The lowest BCUT2D eigenvalue weighted by molar-refractivity contribution is -0.153. The second-order valence-electron chi connectivity index (χ2n) is 9.47. The Labute approximate surface area is 216 Å². The van der Waals surface area contributed by atoms with Gasteiger partial charge in [-0.05, 0) is 19.5 Å². The second-order valence-corrected chi connectivity index (χ2v) is 11.4. The summed E-state index contributed by atoms with van der Waals surface area (Å²) >= 11 is 0. The molecule has 0 spiro atoms. The first kappa shape index (κ1) is 34.5. The highest BCUT2D eigenvalue weighted by molar-refractivity contribution is 7.52. The van der Waals surface area contributed by atoms with Crippen molar-refractivity contribution in [1.82, 2.24) is 4.90 Å². The van der Waals surface area contributed by atoms with Crippen LogP contribution in [0.3, 0.4) is 0 Å². The summed E-state index contributed by atoms with van der Waals surface area (Å²) in [6, 6.07) is 0. The number of ether oxygens (including phenoxy) is 2. The monoisotopic (exact) mass is 521 g/mol. The summed E-state index contributed by atoms with van der Waals surface area (Å²) in [6.45, 7) is 10.8. The summed E-state index contributed by atoms with van der Waals surface area (Å²) in [4.78, 5) is 23.9. The van der Waals surface area contributed by atoms with Gasteiger partial charge in [0.1, 0.15) is 6.10 Å². The van der Waals surface area contributed by atoms with E-state index in [9.17, 15) is 14.3 Å². The van der Waals surface area contributed by atoms with E-state index in [1.165, 1.54) is 70.6 Å². The number of carbonyl (C=O) groups excluding carboxylic acids is 1. The molecule has 0 aromatic carbocycles. The van der Waals surface area contributed by atoms with E-state index in [2.05, 4.69) is 11.8 Å². The first-order chi connectivity index (χ1) is 16.9. The van der Waals surface area contributed by atoms with E-state index in [1.54, 1.807) is 6.92 Å². The standard InChI is InChI=1S/C27H56NO6P/c1-5-9-10-11-12-13-14-15-16-17-18-19-20-22-32-24-26(34-27(29)6-2)25-33-35(30,31)23-21-28(7-3)8-4/h26H,5-25H2,1-4H3,(H,30,31). The highest BCUT2D eigenvalue weighted by Crippen LogP contribution is 2.41. The van der Waals surface area contributed by atoms with Crippen molar-refractivity contribution in [3.05, 3.63) is 0 Å². The van der Waals surface area contributed by atoms with E-state index in [4.69, 9.17) is 14.0 Å². The molecule has 7 nitrogen and oxygen atoms in total. The van der Waals surface area contributed by atoms with Gasteiger partial charge in [-0.3, -0.25) is 9.36 Å². The van der Waals surface area contributed by atoms with Crippen molar-refractivity contribution in [3.63, 3.8) is 0 Å². The largest absolute Gasteiger partial charge is 0.457 e. The molecule has 8 heteroatoms. The maximum Gasteiger partial charge on any atom is 0.329 e. The van der Waals surface area contributed by atoms with Crippen LogP contribution in [0.1, 0.15) is 118 Å². The Kier molecular flexibility index (Phi) is 23.6. The van der Waals surface area contributed by atoms with Crippen molar-refractivity contribution in [3.8, 4) is 0 Å². The average molecular weight is 522 g/mol. The lowest BCUT2D eigenvalue weighted by Crippen LogP contribution is -2.29. The van der Waals surface area contributed by atoms with E-state index in [0.717, 1.165) is 25.9 Å². The molecular weight excluding hydrogens is 465 g/mol. The maximum atomic E-state index is 12.3. The first-order valence-electron chi connectivity index (χ1n) is 14.3. The molecule has 35 heavy (non-hydrogen) atoms. The topological polar surface area (TPSA) is 85.3 Å². The molecule has 0 radical (unpaired) electrons. The lowest BCUT2D eigenvalue weighted by Gasteiger charge is -2.22. The van der Waals surface area contributed by atoms with Crippen LogP contribution in [0.4, 0.5) is 0 Å². The molecule has 0 heterocycles. The third-order valence-corrected chi connectivity index (χ3v) is 7.66. The third kappa shape index (κ3) is 22.5. The van der Waals surface area contributed by atoms with E-state index >= 15 is 0 Å². The SMILES string of the molecule is CCCCCCCCCCCCCCCOCC(COP(=O)(O)CCN(CC)CC)OC(=O)CC. The van der Waals surface area contributed by atoms with Crippen LogP contribution < -0.4 is 0 Å². The fourth-order valence-corrected chi connectivity index (χ4v) is 4.96. The summed E-state index contributed by atoms with van der Waals surface area (Å²) in [5.74, 6) is -0.362. The van der Waals surface area contributed by atoms with Crippen molar-refractivity contribution in [1.29, 1.82) is 0 Å². The van der Waals surface area contributed by atoms with Crippen LogP contribution in [-0.4, -0.2) is 67.5 Å². The number of carbonyl (C=O) groups is 1. The molecule has 2 unspecified atom stereocenters. The van der Waals surface area contributed by atoms with E-state index in [-0.39, 0.29) is 31.8 Å². The average Bonchev–Trinajstić information content (AvgIpc) is 2.85. The molecule has 0 aliphatic rings. The van der Waals surface area contributed by atoms with Crippen LogP contribution in [0.5, 0.6) is 0 Å². The van der Waals surface area contributed by atoms with Crippen LogP contribution in [0.2, 0.25) is 0 Å². The molecule has 0 aromatic rings. The van der Waals surface area contributed by atoms with Gasteiger partial charge in [0, 0.05) is 19.6 Å². The molecule has 0 aromatic heterocycles. The van der Waals surface area contributed by atoms with Crippen molar-refractivity contribution < 1.29 is 28.3 Å². The van der Waals surface area contributed by atoms with E-state index in [1.807, 2.05) is 13.8 Å². The molecule has 2 atom stereocenters. The zero-order chi connectivity index (χ0) is 26.2. The number of hydrogen-bond acceptors (Lipinski definition) is 6. The van der Waals surface area contributed by atoms with Gasteiger partial charge < -0.3 is 23.8 Å². The number of rotatable bonds is 26. The molecule has 0 bridgehead atoms. The molecule has 0 amide bonds. The third-order valence-electron chi connectivity index (χ3n) is 6.34. The zero-order valence-electron chi connectivity index (χ0n) is 23.3. The smallest absolute Gasteiger partial charge is 0.329 e. The van der Waals surface area contributed by atoms with Gasteiger partial charge in [0.05, 0.1) is 19.4 Å².